The molecular weight excluding hydrogens is 939 g/mol. The van der Waals surface area contributed by atoms with Gasteiger partial charge >= 0.3 is 11.9 Å². The first-order valence-corrected chi connectivity index (χ1v) is 22.7. The summed E-state index contributed by atoms with van der Waals surface area (Å²) in [4.78, 5) is 148. The summed E-state index contributed by atoms with van der Waals surface area (Å²) in [5, 5.41) is 53.2. The topological polar surface area (TPSA) is 487 Å². The zero-order valence-corrected chi connectivity index (χ0v) is 39.5. The van der Waals surface area contributed by atoms with Gasteiger partial charge in [0.1, 0.15) is 48.0 Å². The summed E-state index contributed by atoms with van der Waals surface area (Å²) in [6.07, 6.45) is -2.08. The molecule has 2 rings (SSSR count). The van der Waals surface area contributed by atoms with Crippen LogP contribution in [0, 0.1) is 5.92 Å². The van der Waals surface area contributed by atoms with Gasteiger partial charge in [0, 0.05) is 32.4 Å². The molecular formula is C43H67N13O15. The van der Waals surface area contributed by atoms with Crippen molar-refractivity contribution in [3.63, 3.8) is 0 Å². The quantitative estimate of drug-likeness (QED) is 0.0187. The van der Waals surface area contributed by atoms with Gasteiger partial charge in [0.25, 0.3) is 0 Å². The van der Waals surface area contributed by atoms with E-state index < -0.39 is 152 Å². The lowest BCUT2D eigenvalue weighted by atomic mass is 9.96. The Morgan fingerprint density at radius 2 is 1.24 bits per heavy atom. The molecule has 0 aliphatic carbocycles. The Morgan fingerprint density at radius 1 is 0.718 bits per heavy atom. The molecule has 1 aromatic rings. The van der Waals surface area contributed by atoms with Crippen molar-refractivity contribution < 1.29 is 73.2 Å². The number of nitrogens with one attached hydrogen (secondary N) is 6. The van der Waals surface area contributed by atoms with Crippen molar-refractivity contribution in [2.24, 2.45) is 39.6 Å². The van der Waals surface area contributed by atoms with Crippen LogP contribution in [0.4, 0.5) is 0 Å². The molecule has 1 heterocycles. The lowest BCUT2D eigenvalue weighted by Gasteiger charge is -2.30. The molecule has 9 unspecified atom stereocenters. The molecule has 394 valence electrons. The van der Waals surface area contributed by atoms with Crippen LogP contribution >= 0.6 is 0 Å². The van der Waals surface area contributed by atoms with E-state index in [4.69, 9.17) is 33.8 Å². The molecule has 1 fully saturated rings. The van der Waals surface area contributed by atoms with Crippen LogP contribution in [-0.4, -0.2) is 164 Å². The van der Waals surface area contributed by atoms with E-state index in [1.54, 1.807) is 13.8 Å². The third kappa shape index (κ3) is 20.5. The van der Waals surface area contributed by atoms with E-state index in [0.717, 1.165) is 4.90 Å². The number of aliphatic imine (C=N–C) groups is 1. The second kappa shape index (κ2) is 29.4. The van der Waals surface area contributed by atoms with Crippen LogP contribution in [0.15, 0.2) is 29.3 Å². The fourth-order valence-electron chi connectivity index (χ4n) is 7.24. The molecule has 0 spiro atoms. The number of likely N-dealkylation sites (tertiary alicyclic amines) is 1. The largest absolute Gasteiger partial charge is 0.508 e. The van der Waals surface area contributed by atoms with Crippen molar-refractivity contribution in [1.82, 2.24) is 36.8 Å². The Bertz CT molecular complexity index is 2100. The molecule has 0 aromatic heterocycles. The van der Waals surface area contributed by atoms with E-state index in [0.29, 0.717) is 12.0 Å². The maximum Gasteiger partial charge on any atom is 0.326 e. The second-order valence-corrected chi connectivity index (χ2v) is 16.9. The van der Waals surface area contributed by atoms with Crippen LogP contribution in [0.3, 0.4) is 0 Å². The molecule has 0 bridgehead atoms. The summed E-state index contributed by atoms with van der Waals surface area (Å²) < 4.78 is 0. The van der Waals surface area contributed by atoms with Crippen molar-refractivity contribution in [3.05, 3.63) is 29.8 Å². The highest BCUT2D eigenvalue weighted by molar-refractivity contribution is 5.98. The number of phenolic OH excluding ortho intramolecular Hbond substituents is 1. The Hall–Kier alpha value is -7.62. The Morgan fingerprint density at radius 3 is 1.76 bits per heavy atom. The van der Waals surface area contributed by atoms with Gasteiger partial charge in [0.2, 0.25) is 53.2 Å². The molecule has 28 heteroatoms. The maximum atomic E-state index is 14.3. The number of phenols is 1. The number of aromatic hydroxyl groups is 1. The number of guanidine groups is 1. The third-order valence-corrected chi connectivity index (χ3v) is 11.4. The summed E-state index contributed by atoms with van der Waals surface area (Å²) in [6, 6.07) is -6.65. The first-order chi connectivity index (χ1) is 33.4. The van der Waals surface area contributed by atoms with Crippen LogP contribution in [-0.2, 0) is 59.2 Å². The summed E-state index contributed by atoms with van der Waals surface area (Å²) in [6.45, 7) is 2.29. The number of aliphatic carboxylic acids is 2. The van der Waals surface area contributed by atoms with Crippen LogP contribution < -0.4 is 60.6 Å². The van der Waals surface area contributed by atoms with Gasteiger partial charge in [-0.3, -0.25) is 52.9 Å². The number of aliphatic hydroxyl groups excluding tert-OH is 1. The number of hydrogen-bond acceptors (Lipinski definition) is 15. The Labute approximate surface area is 408 Å². The van der Waals surface area contributed by atoms with Crippen LogP contribution in [0.25, 0.3) is 0 Å². The average molecular weight is 1010 g/mol. The summed E-state index contributed by atoms with van der Waals surface area (Å²) >= 11 is 0. The predicted molar refractivity (Wildman–Crippen MR) is 249 cm³/mol. The number of carbonyl (C=O) groups is 11. The average Bonchev–Trinajstić information content (AvgIpc) is 3.80. The minimum absolute atomic E-state index is 0.0371. The van der Waals surface area contributed by atoms with E-state index in [1.807, 2.05) is 0 Å². The standard InChI is InChI=1S/C43H67N13O15/c1-3-21(2)34(40(68)51-26(13-15-32(46)60)36(64)54-29(20-57)38(66)52-27(42(70)71)6-4-16-49-43(47)48)55-37(65)28(18-22-8-10-23(58)11-9-22)53-35(63)25(12-14-31(45)59)50-39(67)30-7-5-17-56(30)41(69)24(44)19-33(61)62/h8-11,21,24-30,34,57-58H,3-7,12-20,44H2,1-2H3,(H2,45,59)(H2,46,60)(H,50,67)(H,51,68)(H,52,66)(H,53,63)(H,54,64)(H,55,65)(H,61,62)(H,70,71)(H4,47,48,49). The molecule has 1 aliphatic heterocycles. The van der Waals surface area contributed by atoms with Crippen molar-refractivity contribution in [3.8, 4) is 5.75 Å². The number of carboxylic acid groups (broad SMARTS) is 2. The van der Waals surface area contributed by atoms with E-state index in [2.05, 4.69) is 36.9 Å². The van der Waals surface area contributed by atoms with E-state index in [9.17, 15) is 68.1 Å². The number of carboxylic acids is 2. The van der Waals surface area contributed by atoms with Gasteiger partial charge in [-0.25, -0.2) is 4.79 Å². The fourth-order valence-corrected chi connectivity index (χ4v) is 7.24. The number of amides is 9. The number of primary amides is 2. The minimum atomic E-state index is -1.76. The molecule has 9 atom stereocenters. The van der Waals surface area contributed by atoms with Crippen molar-refractivity contribution in [2.45, 2.75) is 133 Å². The Balaban J connectivity index is 2.43. The molecule has 28 nitrogen and oxygen atoms in total. The first-order valence-electron chi connectivity index (χ1n) is 22.7. The molecule has 0 saturated carbocycles. The summed E-state index contributed by atoms with van der Waals surface area (Å²) in [5.41, 5.74) is 27.4. The van der Waals surface area contributed by atoms with Gasteiger partial charge in [0.05, 0.1) is 19.1 Å². The molecule has 1 aliphatic rings. The highest BCUT2D eigenvalue weighted by Gasteiger charge is 2.39. The molecule has 71 heavy (non-hydrogen) atoms. The van der Waals surface area contributed by atoms with Gasteiger partial charge in [0.15, 0.2) is 5.96 Å². The molecule has 9 amide bonds. The molecule has 20 N–H and O–H groups in total. The van der Waals surface area contributed by atoms with Crippen LogP contribution in [0.2, 0.25) is 0 Å². The van der Waals surface area contributed by atoms with Gasteiger partial charge < -0.3 is 85.9 Å². The lowest BCUT2D eigenvalue weighted by molar-refractivity contribution is -0.144. The normalized spacial score (nSPS) is 16.5. The smallest absolute Gasteiger partial charge is 0.326 e. The van der Waals surface area contributed by atoms with Crippen molar-refractivity contribution >= 4 is 71.1 Å². The summed E-state index contributed by atoms with van der Waals surface area (Å²) in [5.74, 6) is -12.5. The van der Waals surface area contributed by atoms with Crippen molar-refractivity contribution in [2.75, 3.05) is 19.7 Å². The molecule has 0 radical (unpaired) electrons. The maximum absolute atomic E-state index is 14.3. The minimum Gasteiger partial charge on any atom is -0.508 e. The number of carbonyl (C=O) groups excluding carboxylic acids is 9. The van der Waals surface area contributed by atoms with Gasteiger partial charge in [-0.2, -0.15) is 0 Å². The number of hydrogen-bond donors (Lipinski definition) is 15. The zero-order valence-electron chi connectivity index (χ0n) is 39.5. The van der Waals surface area contributed by atoms with E-state index in [-0.39, 0.29) is 63.3 Å². The predicted octanol–water partition coefficient (Wildman–Crippen LogP) is -5.66. The fraction of sp³-hybridized carbons (Fsp3) is 0.581. The van der Waals surface area contributed by atoms with Gasteiger partial charge in [-0.05, 0) is 62.1 Å². The molecule has 1 saturated heterocycles. The highest BCUT2D eigenvalue weighted by Crippen LogP contribution is 2.20. The monoisotopic (exact) mass is 1010 g/mol. The zero-order chi connectivity index (χ0) is 53.5. The van der Waals surface area contributed by atoms with Crippen LogP contribution in [0.5, 0.6) is 5.75 Å². The van der Waals surface area contributed by atoms with Crippen LogP contribution in [0.1, 0.15) is 83.6 Å². The van der Waals surface area contributed by atoms with E-state index >= 15 is 0 Å². The summed E-state index contributed by atoms with van der Waals surface area (Å²) in [7, 11) is 0. The number of nitrogens with zero attached hydrogens (tertiary/aromatic N) is 2. The number of nitrogens with two attached hydrogens (primary N) is 5. The lowest BCUT2D eigenvalue weighted by Crippen LogP contribution is -2.61. The van der Waals surface area contributed by atoms with Gasteiger partial charge in [-0.15, -0.1) is 0 Å². The number of rotatable bonds is 31. The highest BCUT2D eigenvalue weighted by atomic mass is 16.4. The van der Waals surface area contributed by atoms with Gasteiger partial charge in [-0.1, -0.05) is 32.4 Å². The first kappa shape index (κ1) is 59.5. The van der Waals surface area contributed by atoms with Crippen molar-refractivity contribution in [1.29, 1.82) is 0 Å². The third-order valence-electron chi connectivity index (χ3n) is 11.4. The number of aliphatic hydroxyl groups is 1. The SMILES string of the molecule is CCC(C)C(NC(=O)C(Cc1ccc(O)cc1)NC(=O)C(CCC(N)=O)NC(=O)C1CCCN1C(=O)C(N)CC(=O)O)C(=O)NC(CCC(N)=O)C(=O)NC(CO)C(=O)NC(CCCN=C(N)N)C(=O)O. The number of benzene rings is 1. The second-order valence-electron chi connectivity index (χ2n) is 16.9. The van der Waals surface area contributed by atoms with E-state index in [1.165, 1.54) is 24.3 Å². The Kier molecular flexibility index (Phi) is 24.7. The molecule has 1 aromatic carbocycles.